The van der Waals surface area contributed by atoms with Crippen molar-refractivity contribution in [1.29, 1.82) is 0 Å². The summed E-state index contributed by atoms with van der Waals surface area (Å²) < 4.78 is 7.79. The molecule has 0 amide bonds. The van der Waals surface area contributed by atoms with Gasteiger partial charge in [-0.25, -0.2) is 0 Å². The lowest BCUT2D eigenvalue weighted by Crippen LogP contribution is -2.58. The van der Waals surface area contributed by atoms with E-state index in [1.807, 2.05) is 0 Å². The van der Waals surface area contributed by atoms with Crippen LogP contribution in [0.1, 0.15) is 199 Å². The summed E-state index contributed by atoms with van der Waals surface area (Å²) in [4.78, 5) is 3.36. The number of fused-ring (bicyclic) bond motifs is 9. The summed E-state index contributed by atoms with van der Waals surface area (Å²) in [7, 11) is 0. The third-order valence-electron chi connectivity index (χ3n) is 20.5. The molecule has 0 bridgehead atoms. The lowest BCUT2D eigenvalue weighted by Gasteiger charge is -2.53. The second-order valence-electron chi connectivity index (χ2n) is 22.5. The van der Waals surface area contributed by atoms with Crippen molar-refractivity contribution >= 4 is 11.8 Å². The first-order chi connectivity index (χ1) is 26.2. The molecule has 0 aromatic carbocycles. The van der Waals surface area contributed by atoms with Gasteiger partial charge in [0.15, 0.2) is 0 Å². The van der Waals surface area contributed by atoms with Crippen LogP contribution in [0.4, 0.5) is 0 Å². The van der Waals surface area contributed by atoms with E-state index in [-0.39, 0.29) is 0 Å². The third kappa shape index (κ3) is 6.91. The van der Waals surface area contributed by atoms with Gasteiger partial charge >= 0.3 is 0 Å². The summed E-state index contributed by atoms with van der Waals surface area (Å²) in [6, 6.07) is 2.43. The highest BCUT2D eigenvalue weighted by atomic mass is 32.2. The molecule has 2 nitrogen and oxygen atoms in total. The van der Waals surface area contributed by atoms with E-state index in [2.05, 4.69) is 16.7 Å². The highest BCUT2D eigenvalue weighted by molar-refractivity contribution is 8.00. The molecule has 9 aliphatic carbocycles. The topological polar surface area (TPSA) is 12.5 Å². The first-order valence-corrected chi connectivity index (χ1v) is 26.3. The van der Waals surface area contributed by atoms with Crippen LogP contribution in [0.3, 0.4) is 0 Å². The largest absolute Gasteiger partial charge is 0.372 e. The smallest absolute Gasteiger partial charge is 0.0766 e. The van der Waals surface area contributed by atoms with E-state index in [1.54, 1.807) is 89.9 Å². The Hall–Kier alpha value is 0.270. The Bertz CT molecular complexity index is 1170. The lowest BCUT2D eigenvalue weighted by molar-refractivity contribution is -0.0992. The summed E-state index contributed by atoms with van der Waals surface area (Å²) in [6.07, 6.45) is 48.9. The second-order valence-corrected chi connectivity index (χ2v) is 24.0. The average Bonchev–Trinajstić information content (AvgIpc) is 3.80. The molecule has 2 saturated heterocycles. The minimum Gasteiger partial charge on any atom is -0.372 e. The highest BCUT2D eigenvalue weighted by Gasteiger charge is 2.60. The number of rotatable bonds is 5. The molecule has 11 fully saturated rings. The first-order valence-electron chi connectivity index (χ1n) is 25.3. The lowest BCUT2D eigenvalue weighted by atomic mass is 9.62. The van der Waals surface area contributed by atoms with Crippen LogP contribution in [0, 0.1) is 71.0 Å². The van der Waals surface area contributed by atoms with Gasteiger partial charge in [0.25, 0.3) is 0 Å². The third-order valence-corrected chi connectivity index (χ3v) is 22.4. The van der Waals surface area contributed by atoms with Gasteiger partial charge in [0.05, 0.1) is 12.2 Å². The molecule has 11 rings (SSSR count). The van der Waals surface area contributed by atoms with E-state index in [9.17, 15) is 0 Å². The Kier molecular flexibility index (Phi) is 10.8. The van der Waals surface area contributed by atoms with Crippen LogP contribution in [-0.2, 0) is 4.74 Å². The molecule has 298 valence electrons. The zero-order valence-corrected chi connectivity index (χ0v) is 35.0. The van der Waals surface area contributed by atoms with Crippen molar-refractivity contribution in [3.05, 3.63) is 0 Å². The van der Waals surface area contributed by atoms with Gasteiger partial charge in [-0.05, 0) is 194 Å². The molecule has 0 aromatic rings. The van der Waals surface area contributed by atoms with Gasteiger partial charge in [-0.15, -0.1) is 0 Å². The predicted molar refractivity (Wildman–Crippen MR) is 222 cm³/mol. The van der Waals surface area contributed by atoms with E-state index in [0.29, 0.717) is 12.2 Å². The fraction of sp³-hybridized carbons (Fsp3) is 1.00. The van der Waals surface area contributed by atoms with E-state index in [4.69, 9.17) is 4.74 Å². The van der Waals surface area contributed by atoms with Gasteiger partial charge in [-0.2, -0.15) is 11.8 Å². The Balaban J connectivity index is 0.807. The van der Waals surface area contributed by atoms with Gasteiger partial charge < -0.3 is 4.74 Å². The summed E-state index contributed by atoms with van der Waals surface area (Å²) in [5.74, 6) is 12.3. The van der Waals surface area contributed by atoms with Gasteiger partial charge in [0, 0.05) is 34.5 Å². The maximum absolute atomic E-state index is 7.79. The van der Waals surface area contributed by atoms with E-state index < -0.39 is 0 Å². The molecule has 15 atom stereocenters. The SMILES string of the molecule is C1CCC2CC(C3CCC(N(C4CCC(C5CCC6CCCCC6C5)CC4)C4CCCC5C6CCC7SC8CCCCC8C7C6OC54)CC3)CCC2C1. The second kappa shape index (κ2) is 15.8. The van der Waals surface area contributed by atoms with Crippen LogP contribution in [-0.4, -0.2) is 45.7 Å². The summed E-state index contributed by atoms with van der Waals surface area (Å²) in [5.41, 5.74) is 0. The maximum atomic E-state index is 7.79. The van der Waals surface area contributed by atoms with Crippen molar-refractivity contribution in [3.63, 3.8) is 0 Å². The average molecular weight is 744 g/mol. The minimum atomic E-state index is 0.559. The van der Waals surface area contributed by atoms with Crippen LogP contribution in [0.25, 0.3) is 0 Å². The number of thioether (sulfide) groups is 1. The molecule has 3 heteroatoms. The molecule has 15 unspecified atom stereocenters. The van der Waals surface area contributed by atoms with Gasteiger partial charge in [0.1, 0.15) is 0 Å². The van der Waals surface area contributed by atoms with Crippen LogP contribution in [0.5, 0.6) is 0 Å². The monoisotopic (exact) mass is 744 g/mol. The Morgan fingerprint density at radius 2 is 0.811 bits per heavy atom. The highest BCUT2D eigenvalue weighted by Crippen LogP contribution is 2.61. The fourth-order valence-corrected chi connectivity index (χ4v) is 20.2. The summed E-state index contributed by atoms with van der Waals surface area (Å²) in [6.45, 7) is 0. The van der Waals surface area contributed by atoms with Crippen LogP contribution in [0.15, 0.2) is 0 Å². The molecule has 0 spiro atoms. The van der Waals surface area contributed by atoms with Crippen molar-refractivity contribution in [2.24, 2.45) is 71.0 Å². The zero-order valence-electron chi connectivity index (χ0n) is 34.2. The number of hydrogen-bond donors (Lipinski definition) is 0. The van der Waals surface area contributed by atoms with Crippen molar-refractivity contribution in [2.75, 3.05) is 0 Å². The van der Waals surface area contributed by atoms with Crippen LogP contribution < -0.4 is 0 Å². The molecule has 0 aromatic heterocycles. The van der Waals surface area contributed by atoms with Crippen LogP contribution >= 0.6 is 11.8 Å². The van der Waals surface area contributed by atoms with Crippen molar-refractivity contribution in [1.82, 2.24) is 4.90 Å². The van der Waals surface area contributed by atoms with E-state index >= 15 is 0 Å². The first kappa shape index (κ1) is 36.4. The maximum Gasteiger partial charge on any atom is 0.0766 e. The van der Waals surface area contributed by atoms with Crippen molar-refractivity contribution in [3.8, 4) is 0 Å². The Morgan fingerprint density at radius 1 is 0.340 bits per heavy atom. The minimum absolute atomic E-state index is 0.559. The number of nitrogens with zero attached hydrogens (tertiary/aromatic N) is 1. The molecule has 2 heterocycles. The molecular formula is C50H81NOS. The number of hydrogen-bond acceptors (Lipinski definition) is 3. The molecule has 0 N–H and O–H groups in total. The van der Waals surface area contributed by atoms with E-state index in [1.165, 1.54) is 109 Å². The van der Waals surface area contributed by atoms with Crippen molar-refractivity contribution in [2.45, 2.75) is 240 Å². The summed E-state index contributed by atoms with van der Waals surface area (Å²) in [5, 5.41) is 1.90. The van der Waals surface area contributed by atoms with Crippen molar-refractivity contribution < 1.29 is 4.74 Å². The summed E-state index contributed by atoms with van der Waals surface area (Å²) >= 11 is 2.46. The molecule has 0 radical (unpaired) electrons. The Morgan fingerprint density at radius 3 is 1.45 bits per heavy atom. The molecular weight excluding hydrogens is 663 g/mol. The predicted octanol–water partition coefficient (Wildman–Crippen LogP) is 13.3. The van der Waals surface area contributed by atoms with Crippen LogP contribution in [0.2, 0.25) is 0 Å². The van der Waals surface area contributed by atoms with E-state index in [0.717, 1.165) is 99.6 Å². The van der Waals surface area contributed by atoms with Gasteiger partial charge in [-0.1, -0.05) is 70.6 Å². The molecule has 53 heavy (non-hydrogen) atoms. The number of ether oxygens (including phenoxy) is 1. The van der Waals surface area contributed by atoms with Gasteiger partial charge in [-0.3, -0.25) is 4.90 Å². The van der Waals surface area contributed by atoms with Gasteiger partial charge in [0.2, 0.25) is 0 Å². The fourth-order valence-electron chi connectivity index (χ4n) is 18.1. The molecule has 2 aliphatic heterocycles. The normalized spacial score (nSPS) is 54.2. The Labute approximate surface area is 331 Å². The quantitative estimate of drug-likeness (QED) is 0.278. The molecule has 9 saturated carbocycles. The standard InChI is InChI=1S/C50H81NOS/c1-3-10-36-30-38(18-16-32(36)8-1)34-20-24-40(25-21-34)51(41-26-22-35(23-27-41)39-19-17-33-9-2-4-11-37(33)31-39)45-14-7-13-42-43-28-29-47-48(50(43)52-49(42)45)44-12-5-6-15-46(44)53-47/h32-50H,1-31H2. The zero-order chi connectivity index (χ0) is 34.9. The molecule has 11 aliphatic rings.